The lowest BCUT2D eigenvalue weighted by molar-refractivity contribution is -0.118. The van der Waals surface area contributed by atoms with Gasteiger partial charge >= 0.3 is 0 Å². The quantitative estimate of drug-likeness (QED) is 0.260. The minimum atomic E-state index is -0.228. The van der Waals surface area contributed by atoms with Crippen molar-refractivity contribution in [3.8, 4) is 0 Å². The summed E-state index contributed by atoms with van der Waals surface area (Å²) in [4.78, 5) is 23.1. The van der Waals surface area contributed by atoms with Crippen molar-refractivity contribution in [2.75, 3.05) is 5.32 Å². The summed E-state index contributed by atoms with van der Waals surface area (Å²) in [5, 5.41) is 14.8. The van der Waals surface area contributed by atoms with Gasteiger partial charge in [0.15, 0.2) is 0 Å². The lowest BCUT2D eigenvalue weighted by Gasteiger charge is -2.03. The van der Waals surface area contributed by atoms with Gasteiger partial charge in [-0.1, -0.05) is 35.6 Å². The van der Waals surface area contributed by atoms with E-state index in [4.69, 9.17) is 17.2 Å². The van der Waals surface area contributed by atoms with Crippen molar-refractivity contribution >= 4 is 28.3 Å². The molecule has 8 N–H and O–H groups in total. The molecule has 166 valence electrons. The molecule has 0 aliphatic carbocycles. The third-order valence-corrected chi connectivity index (χ3v) is 5.11. The van der Waals surface area contributed by atoms with E-state index in [1.807, 2.05) is 24.3 Å². The van der Waals surface area contributed by atoms with Crippen LogP contribution < -0.4 is 27.8 Å². The van der Waals surface area contributed by atoms with Gasteiger partial charge in [-0.2, -0.15) is 0 Å². The van der Waals surface area contributed by atoms with Crippen LogP contribution in [0, 0.1) is 0 Å². The third-order valence-electron chi connectivity index (χ3n) is 4.21. The first kappa shape index (κ1) is 24.0. The van der Waals surface area contributed by atoms with Crippen molar-refractivity contribution in [3.63, 3.8) is 0 Å². The molecular weight excluding hydrogens is 414 g/mol. The first-order valence-electron chi connectivity index (χ1n) is 9.95. The average molecular weight is 444 g/mol. The van der Waals surface area contributed by atoms with E-state index in [0.717, 1.165) is 35.4 Å². The maximum atomic E-state index is 12.2. The van der Waals surface area contributed by atoms with Crippen LogP contribution in [0.4, 0.5) is 5.13 Å². The van der Waals surface area contributed by atoms with E-state index in [-0.39, 0.29) is 24.1 Å². The topological polar surface area (TPSA) is 162 Å². The Labute approximate surface area is 185 Å². The second kappa shape index (κ2) is 12.5. The lowest BCUT2D eigenvalue weighted by atomic mass is 10.1. The van der Waals surface area contributed by atoms with Crippen molar-refractivity contribution in [1.82, 2.24) is 15.5 Å². The molecule has 0 aliphatic rings. The number of benzene rings is 1. The fourth-order valence-electron chi connectivity index (χ4n) is 2.75. The van der Waals surface area contributed by atoms with Crippen LogP contribution in [-0.2, 0) is 29.0 Å². The van der Waals surface area contributed by atoms with E-state index < -0.39 is 0 Å². The summed E-state index contributed by atoms with van der Waals surface area (Å²) in [6.45, 7) is 1.83. The number of anilines is 1. The van der Waals surface area contributed by atoms with Crippen molar-refractivity contribution in [3.05, 3.63) is 64.1 Å². The molecule has 0 fully saturated rings. The van der Waals surface area contributed by atoms with Gasteiger partial charge in [-0.25, -0.2) is 0 Å². The zero-order chi connectivity index (χ0) is 22.6. The number of hydrogen-bond donors (Lipinski definition) is 5. The molecular formula is C21H29N7O2S. The van der Waals surface area contributed by atoms with E-state index in [0.29, 0.717) is 23.8 Å². The van der Waals surface area contributed by atoms with Crippen LogP contribution in [0.15, 0.2) is 47.9 Å². The number of aromatic nitrogens is 2. The maximum Gasteiger partial charge on any atom is 0.230 e. The number of hydrogen-bond acceptors (Lipinski definition) is 8. The van der Waals surface area contributed by atoms with Crippen LogP contribution >= 0.6 is 11.3 Å². The number of nitrogens with one attached hydrogen (secondary N) is 2. The second-order valence-electron chi connectivity index (χ2n) is 7.00. The Morgan fingerprint density at radius 2 is 1.90 bits per heavy atom. The number of nitrogens with zero attached hydrogens (tertiary/aromatic N) is 2. The van der Waals surface area contributed by atoms with E-state index in [1.165, 1.54) is 18.3 Å². The van der Waals surface area contributed by atoms with E-state index >= 15 is 0 Å². The molecule has 0 atom stereocenters. The predicted octanol–water partition coefficient (Wildman–Crippen LogP) is 1.67. The summed E-state index contributed by atoms with van der Waals surface area (Å²) in [5.74, 6) is -0.110. The van der Waals surface area contributed by atoms with Gasteiger partial charge in [0.25, 0.3) is 0 Å². The Balaban J connectivity index is 1.72. The molecule has 31 heavy (non-hydrogen) atoms. The van der Waals surface area contributed by atoms with Gasteiger partial charge in [0.1, 0.15) is 10.8 Å². The summed E-state index contributed by atoms with van der Waals surface area (Å²) in [6, 6.07) is 7.65. The molecule has 0 aliphatic heterocycles. The van der Waals surface area contributed by atoms with Gasteiger partial charge in [0.05, 0.1) is 6.42 Å². The second-order valence-corrected chi connectivity index (χ2v) is 8.06. The van der Waals surface area contributed by atoms with Gasteiger partial charge in [-0.05, 0) is 42.5 Å². The third kappa shape index (κ3) is 9.41. The van der Waals surface area contributed by atoms with Crippen molar-refractivity contribution in [2.45, 2.75) is 45.6 Å². The van der Waals surface area contributed by atoms with Gasteiger partial charge in [-0.15, -0.1) is 10.2 Å². The van der Waals surface area contributed by atoms with Crippen LogP contribution in [0.25, 0.3) is 0 Å². The molecule has 1 aromatic heterocycles. The average Bonchev–Trinajstić information content (AvgIpc) is 3.16. The Bertz CT molecular complexity index is 953. The molecule has 2 aromatic rings. The molecule has 1 aromatic carbocycles. The number of unbranched alkanes of at least 4 members (excludes halogenated alkanes) is 1. The fraction of sp³-hybridized carbons (Fsp3) is 0.333. The molecule has 0 saturated heterocycles. The summed E-state index contributed by atoms with van der Waals surface area (Å²) in [6.07, 6.45) is 6.73. The Morgan fingerprint density at radius 1 is 1.13 bits per heavy atom. The SMILES string of the molecule is CC(=O)N/C(N)=C/C=C(\N)CCCCc1nnc(NC(=O)Cc2cccc(CN)c2)s1. The van der Waals surface area contributed by atoms with E-state index in [2.05, 4.69) is 20.8 Å². The van der Waals surface area contributed by atoms with Crippen LogP contribution in [0.5, 0.6) is 0 Å². The number of aryl methyl sites for hydroxylation is 1. The standard InChI is InChI=1S/C21H29N7O2S/c1-14(29)25-18(24)10-9-17(23)7-2-3-8-20-27-28-21(31-20)26-19(30)12-15-5-4-6-16(11-15)13-22/h4-6,9-11H,2-3,7-8,12-13,22-24H2,1H3,(H,25,29)(H,26,28,30)/b17-9-,18-10+. The summed E-state index contributed by atoms with van der Waals surface area (Å²) in [7, 11) is 0. The molecule has 0 radical (unpaired) electrons. The van der Waals surface area contributed by atoms with Crippen molar-refractivity contribution in [1.29, 1.82) is 0 Å². The summed E-state index contributed by atoms with van der Waals surface area (Å²) < 4.78 is 0. The zero-order valence-electron chi connectivity index (χ0n) is 17.6. The molecule has 0 spiro atoms. The first-order chi connectivity index (χ1) is 14.9. The van der Waals surface area contributed by atoms with Crippen molar-refractivity contribution < 1.29 is 9.59 Å². The highest BCUT2D eigenvalue weighted by Gasteiger charge is 2.09. The predicted molar refractivity (Wildman–Crippen MR) is 122 cm³/mol. The highest BCUT2D eigenvalue weighted by Crippen LogP contribution is 2.18. The molecule has 0 unspecified atom stereocenters. The minimum absolute atomic E-state index is 0.138. The highest BCUT2D eigenvalue weighted by atomic mass is 32.1. The van der Waals surface area contributed by atoms with Gasteiger partial charge < -0.3 is 27.8 Å². The number of carbonyl (C=O) groups excluding carboxylic acids is 2. The summed E-state index contributed by atoms with van der Waals surface area (Å²) in [5.41, 5.74) is 19.8. The van der Waals surface area contributed by atoms with Crippen LogP contribution in [0.3, 0.4) is 0 Å². The monoisotopic (exact) mass is 443 g/mol. The number of rotatable bonds is 11. The van der Waals surface area contributed by atoms with Crippen LogP contribution in [0.2, 0.25) is 0 Å². The molecule has 9 nitrogen and oxygen atoms in total. The minimum Gasteiger partial charge on any atom is -0.402 e. The zero-order valence-corrected chi connectivity index (χ0v) is 18.4. The normalized spacial score (nSPS) is 11.9. The molecule has 1 heterocycles. The number of carbonyl (C=O) groups is 2. The molecule has 2 amide bonds. The highest BCUT2D eigenvalue weighted by molar-refractivity contribution is 7.15. The Morgan fingerprint density at radius 3 is 2.65 bits per heavy atom. The number of nitrogens with two attached hydrogens (primary N) is 3. The molecule has 0 saturated carbocycles. The van der Waals surface area contributed by atoms with Crippen molar-refractivity contribution in [2.24, 2.45) is 17.2 Å². The fourth-order valence-corrected chi connectivity index (χ4v) is 3.55. The maximum absolute atomic E-state index is 12.2. The molecule has 2 rings (SSSR count). The van der Waals surface area contributed by atoms with Gasteiger partial charge in [0.2, 0.25) is 16.9 Å². The molecule has 10 heteroatoms. The van der Waals surface area contributed by atoms with Crippen LogP contribution in [0.1, 0.15) is 42.3 Å². The van der Waals surface area contributed by atoms with E-state index in [9.17, 15) is 9.59 Å². The smallest absolute Gasteiger partial charge is 0.230 e. The number of amides is 2. The Kier molecular flexibility index (Phi) is 9.66. The lowest BCUT2D eigenvalue weighted by Crippen LogP contribution is -2.24. The first-order valence-corrected chi connectivity index (χ1v) is 10.8. The summed E-state index contributed by atoms with van der Waals surface area (Å²) >= 11 is 1.37. The van der Waals surface area contributed by atoms with E-state index in [1.54, 1.807) is 12.2 Å². The number of allylic oxidation sites excluding steroid dienone is 3. The van der Waals surface area contributed by atoms with Gasteiger partial charge in [0, 0.05) is 25.6 Å². The van der Waals surface area contributed by atoms with Crippen LogP contribution in [-0.4, -0.2) is 22.0 Å². The largest absolute Gasteiger partial charge is 0.402 e. The van der Waals surface area contributed by atoms with Gasteiger partial charge in [-0.3, -0.25) is 9.59 Å². The molecule has 0 bridgehead atoms. The Hall–Kier alpha value is -3.24.